The van der Waals surface area contributed by atoms with Crippen molar-refractivity contribution in [2.45, 2.75) is 141 Å². The molecule has 20 heteroatoms. The maximum atomic E-state index is 14.4. The van der Waals surface area contributed by atoms with E-state index in [0.717, 1.165) is 6.42 Å². The summed E-state index contributed by atoms with van der Waals surface area (Å²) in [5.41, 5.74) is 1.12. The zero-order valence-corrected chi connectivity index (χ0v) is 43.8. The fourth-order valence-electron chi connectivity index (χ4n) is 9.27. The van der Waals surface area contributed by atoms with Crippen LogP contribution in [0.2, 0.25) is 0 Å². The van der Waals surface area contributed by atoms with E-state index in [-0.39, 0.29) is 53.7 Å². The van der Waals surface area contributed by atoms with Crippen LogP contribution in [0.15, 0.2) is 54.6 Å². The van der Waals surface area contributed by atoms with Crippen molar-refractivity contribution in [2.24, 2.45) is 23.7 Å². The highest BCUT2D eigenvalue weighted by molar-refractivity contribution is 7.89. The molecule has 0 aliphatic carbocycles. The summed E-state index contributed by atoms with van der Waals surface area (Å²) in [6.45, 7) is 14.6. The first-order valence-electron chi connectivity index (χ1n) is 24.1. The van der Waals surface area contributed by atoms with Crippen LogP contribution >= 0.6 is 0 Å². The number of nitrogens with one attached hydrogen (secondary N) is 4. The molecular formula is C50H78F3N7O9S. The standard InChI is InChI=1S/C50H78F3N7O9S/c1-13-33(6)44(59(10)48(64)43(32(4)5)54-29-40(31(2)3)58(8)9)41(68-11)27-42(61)60-25-17-20-39(60)45(69-12)34(7)46(62)56-38(26-35-18-15-14-16-19-35)47(63)57-70(66,67)30-37-23-21-36(22-24-37)28-55-49(65)50(51,52)53/h14-16,18-19,21-24,31-34,38-41,43-45,54H,13,17,20,25-30H2,1-12H3,(H,55,65)(H,56,62)(H,57,63)/t33-,34+,38-,39-,40+,41+,43-,44-,45+/m0/s1. The van der Waals surface area contributed by atoms with Crippen LogP contribution in [-0.2, 0) is 62.2 Å². The molecule has 9 atom stereocenters. The fraction of sp³-hybridized carbons (Fsp3) is 0.660. The van der Waals surface area contributed by atoms with E-state index in [9.17, 15) is 45.6 Å². The number of likely N-dealkylation sites (tertiary alicyclic amines) is 1. The quantitative estimate of drug-likeness (QED) is 0.0973. The summed E-state index contributed by atoms with van der Waals surface area (Å²) in [4.78, 5) is 73.5. The van der Waals surface area contributed by atoms with Gasteiger partial charge in [-0.3, -0.25) is 28.7 Å². The van der Waals surface area contributed by atoms with Gasteiger partial charge in [0.15, 0.2) is 0 Å². The lowest BCUT2D eigenvalue weighted by Crippen LogP contribution is -2.58. The maximum Gasteiger partial charge on any atom is 0.471 e. The van der Waals surface area contributed by atoms with Crippen LogP contribution in [0, 0.1) is 23.7 Å². The molecular weight excluding hydrogens is 932 g/mol. The number of hydrogen-bond donors (Lipinski definition) is 4. The maximum absolute atomic E-state index is 14.4. The summed E-state index contributed by atoms with van der Waals surface area (Å²) < 4.78 is 78.5. The van der Waals surface area contributed by atoms with Gasteiger partial charge >= 0.3 is 12.1 Å². The molecule has 0 aromatic heterocycles. The van der Waals surface area contributed by atoms with E-state index in [2.05, 4.69) is 34.1 Å². The van der Waals surface area contributed by atoms with Crippen molar-refractivity contribution in [3.8, 4) is 0 Å². The average Bonchev–Trinajstić information content (AvgIpc) is 3.78. The molecule has 3 rings (SSSR count). The lowest BCUT2D eigenvalue weighted by atomic mass is 9.89. The van der Waals surface area contributed by atoms with Crippen molar-refractivity contribution < 1.29 is 55.0 Å². The number of likely N-dealkylation sites (N-methyl/N-ethyl adjacent to an activating group) is 2. The minimum atomic E-state index is -5.06. The normalized spacial score (nSPS) is 17.9. The van der Waals surface area contributed by atoms with Crippen molar-refractivity contribution in [3.05, 3.63) is 71.3 Å². The summed E-state index contributed by atoms with van der Waals surface area (Å²) >= 11 is 0. The van der Waals surface area contributed by atoms with Gasteiger partial charge in [0.05, 0.1) is 48.4 Å². The second-order valence-electron chi connectivity index (χ2n) is 19.5. The fourth-order valence-corrected chi connectivity index (χ4v) is 10.4. The van der Waals surface area contributed by atoms with Crippen LogP contribution in [0.3, 0.4) is 0 Å². The van der Waals surface area contributed by atoms with Crippen LogP contribution < -0.4 is 20.7 Å². The van der Waals surface area contributed by atoms with E-state index in [4.69, 9.17) is 9.47 Å². The van der Waals surface area contributed by atoms with Crippen LogP contribution in [0.1, 0.15) is 90.8 Å². The number of sulfonamides is 1. The minimum Gasteiger partial charge on any atom is -0.379 e. The summed E-state index contributed by atoms with van der Waals surface area (Å²) in [6, 6.07) is 11.5. The van der Waals surface area contributed by atoms with Gasteiger partial charge in [-0.05, 0) is 61.4 Å². The average molecular weight is 1010 g/mol. The Bertz CT molecular complexity index is 2110. The molecule has 1 aliphatic rings. The molecule has 2 aromatic rings. The number of carbonyl (C=O) groups excluding carboxylic acids is 5. The Hall–Kier alpha value is -4.63. The Morgan fingerprint density at radius 2 is 1.46 bits per heavy atom. The molecule has 0 unspecified atom stereocenters. The minimum absolute atomic E-state index is 0.0154. The zero-order valence-electron chi connectivity index (χ0n) is 43.0. The molecule has 1 aliphatic heterocycles. The Kier molecular flexibility index (Phi) is 23.2. The van der Waals surface area contributed by atoms with Crippen molar-refractivity contribution in [2.75, 3.05) is 48.5 Å². The Labute approximate surface area is 413 Å². The van der Waals surface area contributed by atoms with Crippen molar-refractivity contribution in [1.29, 1.82) is 0 Å². The Balaban J connectivity index is 1.78. The largest absolute Gasteiger partial charge is 0.471 e. The van der Waals surface area contributed by atoms with Gasteiger partial charge < -0.3 is 40.1 Å². The van der Waals surface area contributed by atoms with Crippen LogP contribution in [0.25, 0.3) is 0 Å². The first-order chi connectivity index (χ1) is 32.8. The van der Waals surface area contributed by atoms with Crippen molar-refractivity contribution in [1.82, 2.24) is 35.4 Å². The summed E-state index contributed by atoms with van der Waals surface area (Å²) in [7, 11) is 4.45. The molecule has 4 N–H and O–H groups in total. The second-order valence-corrected chi connectivity index (χ2v) is 21.2. The molecule has 0 spiro atoms. The van der Waals surface area contributed by atoms with E-state index in [1.807, 2.05) is 41.8 Å². The van der Waals surface area contributed by atoms with Crippen LogP contribution in [0.5, 0.6) is 0 Å². The molecule has 0 radical (unpaired) electrons. The number of hydrogen-bond acceptors (Lipinski definition) is 11. The Morgan fingerprint density at radius 3 is 1.99 bits per heavy atom. The Morgan fingerprint density at radius 1 is 0.843 bits per heavy atom. The number of amides is 5. The molecule has 5 amide bonds. The summed E-state index contributed by atoms with van der Waals surface area (Å²) in [5.74, 6) is -5.33. The van der Waals surface area contributed by atoms with Crippen molar-refractivity contribution in [3.63, 3.8) is 0 Å². The first kappa shape index (κ1) is 59.7. The third-order valence-corrected chi connectivity index (χ3v) is 14.7. The molecule has 0 saturated carbocycles. The number of carbonyl (C=O) groups is 5. The van der Waals surface area contributed by atoms with Crippen LogP contribution in [0.4, 0.5) is 13.2 Å². The predicted octanol–water partition coefficient (Wildman–Crippen LogP) is 4.66. The summed E-state index contributed by atoms with van der Waals surface area (Å²) in [6.07, 6.45) is -4.77. The van der Waals surface area contributed by atoms with E-state index in [1.165, 1.54) is 31.4 Å². The van der Waals surface area contributed by atoms with E-state index in [1.54, 1.807) is 66.5 Å². The lowest BCUT2D eigenvalue weighted by molar-refractivity contribution is -0.173. The second kappa shape index (κ2) is 27.3. The number of methoxy groups -OCH3 is 2. The molecule has 16 nitrogen and oxygen atoms in total. The van der Waals surface area contributed by atoms with Crippen LogP contribution in [-0.4, -0.2) is 150 Å². The predicted molar refractivity (Wildman–Crippen MR) is 262 cm³/mol. The molecule has 1 heterocycles. The van der Waals surface area contributed by atoms with Crippen molar-refractivity contribution >= 4 is 39.6 Å². The lowest BCUT2D eigenvalue weighted by Gasteiger charge is -2.41. The van der Waals surface area contributed by atoms with Gasteiger partial charge in [-0.25, -0.2) is 8.42 Å². The van der Waals surface area contributed by atoms with Gasteiger partial charge in [0.2, 0.25) is 27.7 Å². The number of nitrogens with zero attached hydrogens (tertiary/aromatic N) is 3. The van der Waals surface area contributed by atoms with E-state index in [0.29, 0.717) is 37.4 Å². The third kappa shape index (κ3) is 17.3. The van der Waals surface area contributed by atoms with Gasteiger partial charge in [0.1, 0.15) is 6.04 Å². The molecule has 1 fully saturated rings. The topological polar surface area (TPSA) is 196 Å². The van der Waals surface area contributed by atoms with E-state index < -0.39 is 88.5 Å². The first-order valence-corrected chi connectivity index (χ1v) is 25.7. The SMILES string of the molecule is CC[C@H](C)[C@@H]([C@@H](CC(=O)N1CCC[C@H]1[C@H](OC)[C@@H](C)C(=O)N[C@@H](Cc1ccccc1)C(=O)NS(=O)(=O)Cc1ccc(CNC(=O)C(F)(F)F)cc1)OC)N(C)C(=O)[C@@H](NC[C@H](C(C)C)N(C)C)C(C)C. The number of alkyl halides is 3. The zero-order chi connectivity index (χ0) is 52.7. The molecule has 394 valence electrons. The number of ether oxygens (including phenoxy) is 2. The number of rotatable bonds is 27. The van der Waals surface area contributed by atoms with E-state index >= 15 is 0 Å². The highest BCUT2D eigenvalue weighted by Gasteiger charge is 2.43. The van der Waals surface area contributed by atoms with Gasteiger partial charge in [0.25, 0.3) is 5.91 Å². The molecule has 1 saturated heterocycles. The summed E-state index contributed by atoms with van der Waals surface area (Å²) in [5, 5.41) is 8.02. The monoisotopic (exact) mass is 1010 g/mol. The highest BCUT2D eigenvalue weighted by atomic mass is 32.2. The molecule has 2 aromatic carbocycles. The molecule has 0 bridgehead atoms. The highest BCUT2D eigenvalue weighted by Crippen LogP contribution is 2.30. The van der Waals surface area contributed by atoms with Gasteiger partial charge in [-0.2, -0.15) is 13.2 Å². The van der Waals surface area contributed by atoms with Gasteiger partial charge in [0, 0.05) is 53.4 Å². The van der Waals surface area contributed by atoms with Gasteiger partial charge in [-0.15, -0.1) is 0 Å². The number of benzene rings is 2. The third-order valence-electron chi connectivity index (χ3n) is 13.4. The molecule has 70 heavy (non-hydrogen) atoms. The smallest absolute Gasteiger partial charge is 0.379 e. The van der Waals surface area contributed by atoms with Gasteiger partial charge in [-0.1, -0.05) is 109 Å². The number of halogens is 3.